The number of hydrogen-bond donors (Lipinski definition) is 0. The molecule has 158 valence electrons. The van der Waals surface area contributed by atoms with Crippen molar-refractivity contribution in [2.45, 2.75) is 6.54 Å². The summed E-state index contributed by atoms with van der Waals surface area (Å²) in [5, 5.41) is 10.1. The first-order chi connectivity index (χ1) is 16.3. The molecule has 0 fully saturated rings. The maximum Gasteiger partial charge on any atom is 0.293 e. The molecule has 0 aliphatic heterocycles. The smallest absolute Gasteiger partial charge is 0.265 e. The molecule has 0 aliphatic carbocycles. The number of fused-ring (bicyclic) bond motifs is 3. The Hall–Kier alpha value is -4.65. The van der Waals surface area contributed by atoms with Crippen molar-refractivity contribution < 1.29 is 0 Å². The first-order valence-electron chi connectivity index (χ1n) is 10.6. The van der Waals surface area contributed by atoms with Crippen molar-refractivity contribution in [3.05, 3.63) is 114 Å². The van der Waals surface area contributed by atoms with Crippen LogP contribution < -0.4 is 5.56 Å². The lowest BCUT2D eigenvalue weighted by atomic mass is 10.1. The zero-order chi connectivity index (χ0) is 22.2. The molecule has 0 spiro atoms. The second-order valence-electron chi connectivity index (χ2n) is 7.73. The molecule has 0 unspecified atom stereocenters. The van der Waals surface area contributed by atoms with E-state index in [2.05, 4.69) is 15.1 Å². The van der Waals surface area contributed by atoms with Gasteiger partial charge in [-0.3, -0.25) is 9.78 Å². The topological polar surface area (TPSA) is 78.0 Å². The van der Waals surface area contributed by atoms with Gasteiger partial charge >= 0.3 is 0 Å². The van der Waals surface area contributed by atoms with Crippen molar-refractivity contribution >= 4 is 16.4 Å². The zero-order valence-electron chi connectivity index (χ0n) is 17.5. The highest BCUT2D eigenvalue weighted by molar-refractivity contribution is 6.03. The number of benzene rings is 2. The van der Waals surface area contributed by atoms with E-state index in [-0.39, 0.29) is 5.56 Å². The molecule has 0 saturated heterocycles. The predicted octanol–water partition coefficient (Wildman–Crippen LogP) is 4.22. The lowest BCUT2D eigenvalue weighted by molar-refractivity contribution is 0.649. The maximum absolute atomic E-state index is 13.4. The Morgan fingerprint density at radius 2 is 1.58 bits per heavy atom. The number of hydrogen-bond acceptors (Lipinski definition) is 5. The minimum Gasteiger partial charge on any atom is -0.265 e. The molecule has 33 heavy (non-hydrogen) atoms. The Bertz CT molecular complexity index is 1640. The van der Waals surface area contributed by atoms with Crippen molar-refractivity contribution in [2.24, 2.45) is 0 Å². The monoisotopic (exact) mass is 430 g/mol. The zero-order valence-corrected chi connectivity index (χ0v) is 17.5. The molecule has 0 radical (unpaired) electrons. The minimum atomic E-state index is -0.244. The Kier molecular flexibility index (Phi) is 4.51. The van der Waals surface area contributed by atoms with Crippen LogP contribution in [0.15, 0.2) is 102 Å². The molecular weight excluding hydrogens is 412 g/mol. The second-order valence-corrected chi connectivity index (χ2v) is 7.73. The Morgan fingerprint density at radius 1 is 0.818 bits per heavy atom. The summed E-state index contributed by atoms with van der Waals surface area (Å²) in [6.07, 6.45) is 5.05. The van der Waals surface area contributed by atoms with Crippen LogP contribution in [0.3, 0.4) is 0 Å². The van der Waals surface area contributed by atoms with Gasteiger partial charge in [0, 0.05) is 23.5 Å². The molecule has 6 aromatic rings. The third-order valence-corrected chi connectivity index (χ3v) is 5.60. The van der Waals surface area contributed by atoms with Crippen LogP contribution in [0, 0.1) is 0 Å². The van der Waals surface area contributed by atoms with Gasteiger partial charge in [-0.1, -0.05) is 60.7 Å². The van der Waals surface area contributed by atoms with Crippen LogP contribution in [0.1, 0.15) is 5.56 Å². The first kappa shape index (κ1) is 19.1. The van der Waals surface area contributed by atoms with Gasteiger partial charge in [-0.05, 0) is 23.8 Å². The van der Waals surface area contributed by atoms with Crippen molar-refractivity contribution in [1.82, 2.24) is 29.4 Å². The summed E-state index contributed by atoms with van der Waals surface area (Å²) in [5.41, 5.74) is 5.11. The van der Waals surface area contributed by atoms with Gasteiger partial charge in [-0.2, -0.15) is 10.2 Å². The highest BCUT2D eigenvalue weighted by atomic mass is 16.1. The Balaban J connectivity index is 1.65. The van der Waals surface area contributed by atoms with E-state index in [9.17, 15) is 4.79 Å². The Morgan fingerprint density at radius 3 is 2.33 bits per heavy atom. The van der Waals surface area contributed by atoms with E-state index in [4.69, 9.17) is 5.10 Å². The Labute approximate surface area is 188 Å². The van der Waals surface area contributed by atoms with E-state index in [1.807, 2.05) is 78.9 Å². The third-order valence-electron chi connectivity index (χ3n) is 5.60. The number of rotatable bonds is 4. The van der Waals surface area contributed by atoms with Gasteiger partial charge < -0.3 is 0 Å². The fraction of sp³-hybridized carbons (Fsp3) is 0.0385. The quantitative estimate of drug-likeness (QED) is 0.419. The molecule has 0 bridgehead atoms. The van der Waals surface area contributed by atoms with E-state index in [1.54, 1.807) is 23.2 Å². The van der Waals surface area contributed by atoms with E-state index in [0.717, 1.165) is 27.9 Å². The predicted molar refractivity (Wildman–Crippen MR) is 127 cm³/mol. The van der Waals surface area contributed by atoms with E-state index < -0.39 is 0 Å². The van der Waals surface area contributed by atoms with Gasteiger partial charge in [0.2, 0.25) is 0 Å². The van der Waals surface area contributed by atoms with Crippen LogP contribution in [0.5, 0.6) is 0 Å². The molecule has 0 N–H and O–H groups in total. The summed E-state index contributed by atoms with van der Waals surface area (Å²) in [5.74, 6) is 0. The number of nitrogens with zero attached hydrogens (tertiary/aromatic N) is 6. The SMILES string of the molecule is O=c1c2ncn3nc(-c4ccccc4)cc3c2c(-c2cccnc2)nn1Cc1ccccc1. The highest BCUT2D eigenvalue weighted by Gasteiger charge is 2.19. The fourth-order valence-electron chi connectivity index (χ4n) is 4.02. The summed E-state index contributed by atoms with van der Waals surface area (Å²) >= 11 is 0. The summed E-state index contributed by atoms with van der Waals surface area (Å²) < 4.78 is 3.17. The van der Waals surface area contributed by atoms with Crippen LogP contribution in [-0.4, -0.2) is 29.4 Å². The van der Waals surface area contributed by atoms with Crippen LogP contribution >= 0.6 is 0 Å². The van der Waals surface area contributed by atoms with E-state index >= 15 is 0 Å². The molecule has 0 aliphatic rings. The molecule has 4 heterocycles. The van der Waals surface area contributed by atoms with Crippen molar-refractivity contribution in [3.8, 4) is 22.5 Å². The molecule has 7 heteroatoms. The molecule has 4 aromatic heterocycles. The first-order valence-corrected chi connectivity index (χ1v) is 10.6. The van der Waals surface area contributed by atoms with E-state index in [0.29, 0.717) is 23.1 Å². The number of aromatic nitrogens is 6. The highest BCUT2D eigenvalue weighted by Crippen LogP contribution is 2.29. The van der Waals surface area contributed by atoms with Gasteiger partial charge in [0.15, 0.2) is 0 Å². The van der Waals surface area contributed by atoms with Crippen LogP contribution in [-0.2, 0) is 6.54 Å². The van der Waals surface area contributed by atoms with Crippen molar-refractivity contribution in [2.75, 3.05) is 0 Å². The van der Waals surface area contributed by atoms with Gasteiger partial charge in [0.05, 0.1) is 23.1 Å². The fourth-order valence-corrected chi connectivity index (χ4v) is 4.02. The molecule has 2 aromatic carbocycles. The van der Waals surface area contributed by atoms with Gasteiger partial charge in [-0.25, -0.2) is 14.2 Å². The third kappa shape index (κ3) is 3.36. The standard InChI is InChI=1S/C26H18N6O/c33-26-25-23(22-14-21(29-32(22)17-28-25)19-10-5-2-6-11-19)24(20-12-7-13-27-15-20)30-31(26)16-18-8-3-1-4-9-18/h1-15,17H,16H2. The summed E-state index contributed by atoms with van der Waals surface area (Å²) in [6.45, 7) is 0.351. The largest absolute Gasteiger partial charge is 0.293 e. The normalized spacial score (nSPS) is 11.3. The molecule has 0 saturated carbocycles. The number of pyridine rings is 1. The molecule has 0 amide bonds. The lowest BCUT2D eigenvalue weighted by Gasteiger charge is -2.11. The molecule has 0 atom stereocenters. The van der Waals surface area contributed by atoms with Gasteiger partial charge in [0.1, 0.15) is 17.5 Å². The van der Waals surface area contributed by atoms with Crippen LogP contribution in [0.25, 0.3) is 38.9 Å². The van der Waals surface area contributed by atoms with Crippen LogP contribution in [0.2, 0.25) is 0 Å². The summed E-state index contributed by atoms with van der Waals surface area (Å²) in [4.78, 5) is 22.2. The van der Waals surface area contributed by atoms with Crippen molar-refractivity contribution in [1.29, 1.82) is 0 Å². The lowest BCUT2D eigenvalue weighted by Crippen LogP contribution is -2.25. The average molecular weight is 430 g/mol. The maximum atomic E-state index is 13.4. The molecular formula is C26H18N6O. The van der Waals surface area contributed by atoms with Gasteiger partial charge in [-0.15, -0.1) is 0 Å². The average Bonchev–Trinajstić information content (AvgIpc) is 3.32. The summed E-state index contributed by atoms with van der Waals surface area (Å²) in [7, 11) is 0. The van der Waals surface area contributed by atoms with E-state index in [1.165, 1.54) is 4.68 Å². The van der Waals surface area contributed by atoms with Crippen molar-refractivity contribution in [3.63, 3.8) is 0 Å². The minimum absolute atomic E-state index is 0.244. The van der Waals surface area contributed by atoms with Gasteiger partial charge in [0.25, 0.3) is 5.56 Å². The van der Waals surface area contributed by atoms with Crippen LogP contribution in [0.4, 0.5) is 0 Å². The molecule has 7 nitrogen and oxygen atoms in total. The summed E-state index contributed by atoms with van der Waals surface area (Å²) in [6, 6.07) is 25.5. The second kappa shape index (κ2) is 7.80. The molecule has 6 rings (SSSR count).